The summed E-state index contributed by atoms with van der Waals surface area (Å²) in [6.45, 7) is 2.30. The molecule has 0 radical (unpaired) electrons. The molecule has 1 aliphatic rings. The van der Waals surface area contributed by atoms with Gasteiger partial charge in [0.2, 0.25) is 0 Å². The lowest BCUT2D eigenvalue weighted by Crippen LogP contribution is -2.18. The van der Waals surface area contributed by atoms with Crippen molar-refractivity contribution >= 4 is 21.6 Å². The highest BCUT2D eigenvalue weighted by Gasteiger charge is 2.18. The van der Waals surface area contributed by atoms with Crippen LogP contribution in [-0.2, 0) is 0 Å². The van der Waals surface area contributed by atoms with Gasteiger partial charge in [-0.25, -0.2) is 0 Å². The Kier molecular flexibility index (Phi) is 5.27. The number of hydrogen-bond donors (Lipinski definition) is 1. The molecule has 0 aromatic heterocycles. The SMILES string of the molecule is CCC1CCCC(Nc2ccc(C#N)cc2Br)CC1. The van der Waals surface area contributed by atoms with Crippen molar-refractivity contribution < 1.29 is 0 Å². The highest BCUT2D eigenvalue weighted by molar-refractivity contribution is 9.10. The molecule has 0 saturated heterocycles. The maximum atomic E-state index is 8.88. The molecular formula is C16H21BrN2. The zero-order chi connectivity index (χ0) is 13.7. The Balaban J connectivity index is 1.99. The molecule has 3 heteroatoms. The first-order chi connectivity index (χ1) is 9.22. The van der Waals surface area contributed by atoms with Crippen LogP contribution >= 0.6 is 15.9 Å². The van der Waals surface area contributed by atoms with Crippen LogP contribution in [-0.4, -0.2) is 6.04 Å². The summed E-state index contributed by atoms with van der Waals surface area (Å²) in [5.41, 5.74) is 1.81. The number of hydrogen-bond acceptors (Lipinski definition) is 2. The Hall–Kier alpha value is -1.01. The van der Waals surface area contributed by atoms with Gasteiger partial charge in [0.05, 0.1) is 11.6 Å². The highest BCUT2D eigenvalue weighted by atomic mass is 79.9. The number of nitrogens with zero attached hydrogens (tertiary/aromatic N) is 1. The van der Waals surface area contributed by atoms with Crippen molar-refractivity contribution in [3.8, 4) is 6.07 Å². The van der Waals surface area contributed by atoms with Crippen LogP contribution in [0.4, 0.5) is 5.69 Å². The lowest BCUT2D eigenvalue weighted by Gasteiger charge is -2.19. The fourth-order valence-electron chi connectivity index (χ4n) is 2.85. The molecule has 2 nitrogen and oxygen atoms in total. The Labute approximate surface area is 124 Å². The standard InChI is InChI=1S/C16H21BrN2/c1-2-12-4-3-5-14(8-6-12)19-16-9-7-13(11-18)10-15(16)17/h7,9-10,12,14,19H,2-6,8H2,1H3. The maximum Gasteiger partial charge on any atom is 0.0992 e. The van der Waals surface area contributed by atoms with Crippen molar-refractivity contribution in [2.45, 2.75) is 51.5 Å². The van der Waals surface area contributed by atoms with Crippen LogP contribution in [0, 0.1) is 17.2 Å². The molecule has 2 unspecified atom stereocenters. The van der Waals surface area contributed by atoms with Crippen molar-refractivity contribution in [1.29, 1.82) is 5.26 Å². The first kappa shape index (κ1) is 14.4. The topological polar surface area (TPSA) is 35.8 Å². The number of nitriles is 1. The predicted octanol–water partition coefficient (Wildman–Crippen LogP) is 5.09. The minimum atomic E-state index is 0.570. The predicted molar refractivity (Wildman–Crippen MR) is 83.1 cm³/mol. The van der Waals surface area contributed by atoms with Gasteiger partial charge >= 0.3 is 0 Å². The molecule has 0 aliphatic heterocycles. The summed E-state index contributed by atoms with van der Waals surface area (Å²) >= 11 is 3.55. The summed E-state index contributed by atoms with van der Waals surface area (Å²) < 4.78 is 0.989. The minimum absolute atomic E-state index is 0.570. The van der Waals surface area contributed by atoms with Crippen LogP contribution in [0.5, 0.6) is 0 Å². The Morgan fingerprint density at radius 3 is 2.84 bits per heavy atom. The van der Waals surface area contributed by atoms with E-state index in [0.29, 0.717) is 11.6 Å². The third-order valence-corrected chi connectivity index (χ3v) is 4.78. The third-order valence-electron chi connectivity index (χ3n) is 4.12. The monoisotopic (exact) mass is 320 g/mol. The molecule has 2 rings (SSSR count). The van der Waals surface area contributed by atoms with E-state index in [-0.39, 0.29) is 0 Å². The van der Waals surface area contributed by atoms with Gasteiger partial charge in [-0.3, -0.25) is 0 Å². The summed E-state index contributed by atoms with van der Waals surface area (Å²) in [6, 6.07) is 8.50. The van der Waals surface area contributed by atoms with Gasteiger partial charge in [-0.05, 0) is 59.3 Å². The van der Waals surface area contributed by atoms with Crippen LogP contribution in [0.1, 0.15) is 51.0 Å². The first-order valence-corrected chi connectivity index (χ1v) is 7.98. The Morgan fingerprint density at radius 2 is 2.16 bits per heavy atom. The molecule has 1 aliphatic carbocycles. The maximum absolute atomic E-state index is 8.88. The van der Waals surface area contributed by atoms with Gasteiger partial charge in [-0.1, -0.05) is 26.2 Å². The van der Waals surface area contributed by atoms with Gasteiger partial charge in [-0.15, -0.1) is 0 Å². The molecule has 1 aromatic carbocycles. The normalized spacial score (nSPS) is 23.4. The summed E-state index contributed by atoms with van der Waals surface area (Å²) in [5.74, 6) is 0.913. The zero-order valence-corrected chi connectivity index (χ0v) is 13.0. The molecule has 0 amide bonds. The number of halogens is 1. The second-order valence-electron chi connectivity index (χ2n) is 5.43. The van der Waals surface area contributed by atoms with Crippen molar-refractivity contribution in [3.05, 3.63) is 28.2 Å². The smallest absolute Gasteiger partial charge is 0.0992 e. The second kappa shape index (κ2) is 6.96. The fourth-order valence-corrected chi connectivity index (χ4v) is 3.35. The van der Waals surface area contributed by atoms with E-state index >= 15 is 0 Å². The van der Waals surface area contributed by atoms with E-state index in [0.717, 1.165) is 16.1 Å². The summed E-state index contributed by atoms with van der Waals surface area (Å²) in [4.78, 5) is 0. The van der Waals surface area contributed by atoms with Crippen LogP contribution < -0.4 is 5.32 Å². The zero-order valence-electron chi connectivity index (χ0n) is 11.5. The van der Waals surface area contributed by atoms with Crippen molar-refractivity contribution in [1.82, 2.24) is 0 Å². The summed E-state index contributed by atoms with van der Waals surface area (Å²) in [6.07, 6.45) is 7.86. The molecule has 1 N–H and O–H groups in total. The van der Waals surface area contributed by atoms with Gasteiger partial charge in [0.15, 0.2) is 0 Å². The van der Waals surface area contributed by atoms with E-state index in [1.807, 2.05) is 18.2 Å². The van der Waals surface area contributed by atoms with Crippen LogP contribution in [0.25, 0.3) is 0 Å². The van der Waals surface area contributed by atoms with E-state index in [9.17, 15) is 0 Å². The molecule has 102 valence electrons. The van der Waals surface area contributed by atoms with Gasteiger partial charge in [-0.2, -0.15) is 5.26 Å². The molecule has 0 spiro atoms. The van der Waals surface area contributed by atoms with Gasteiger partial charge in [0.1, 0.15) is 0 Å². The highest BCUT2D eigenvalue weighted by Crippen LogP contribution is 2.30. The van der Waals surface area contributed by atoms with Crippen LogP contribution in [0.2, 0.25) is 0 Å². The molecule has 19 heavy (non-hydrogen) atoms. The Morgan fingerprint density at radius 1 is 1.32 bits per heavy atom. The number of benzene rings is 1. The molecule has 1 fully saturated rings. The van der Waals surface area contributed by atoms with Crippen LogP contribution in [0.15, 0.2) is 22.7 Å². The molecule has 0 bridgehead atoms. The molecule has 2 atom stereocenters. The van der Waals surface area contributed by atoms with Crippen LogP contribution in [0.3, 0.4) is 0 Å². The third kappa shape index (κ3) is 3.98. The lowest BCUT2D eigenvalue weighted by molar-refractivity contribution is 0.444. The van der Waals surface area contributed by atoms with E-state index in [2.05, 4.69) is 34.2 Å². The van der Waals surface area contributed by atoms with Gasteiger partial charge in [0.25, 0.3) is 0 Å². The first-order valence-electron chi connectivity index (χ1n) is 7.19. The second-order valence-corrected chi connectivity index (χ2v) is 6.28. The van der Waals surface area contributed by atoms with E-state index in [4.69, 9.17) is 5.26 Å². The van der Waals surface area contributed by atoms with E-state index in [1.165, 1.54) is 38.5 Å². The Bertz CT molecular complexity index is 464. The largest absolute Gasteiger partial charge is 0.381 e. The molecular weight excluding hydrogens is 300 g/mol. The van der Waals surface area contributed by atoms with Gasteiger partial charge in [0, 0.05) is 16.2 Å². The van der Waals surface area contributed by atoms with E-state index in [1.54, 1.807) is 0 Å². The van der Waals surface area contributed by atoms with Crippen molar-refractivity contribution in [2.24, 2.45) is 5.92 Å². The average Bonchev–Trinajstić information content (AvgIpc) is 2.66. The van der Waals surface area contributed by atoms with Gasteiger partial charge < -0.3 is 5.32 Å². The number of nitrogens with one attached hydrogen (secondary N) is 1. The van der Waals surface area contributed by atoms with Crippen molar-refractivity contribution in [2.75, 3.05) is 5.32 Å². The molecule has 0 heterocycles. The lowest BCUT2D eigenvalue weighted by atomic mass is 9.98. The minimum Gasteiger partial charge on any atom is -0.381 e. The van der Waals surface area contributed by atoms with Crippen molar-refractivity contribution in [3.63, 3.8) is 0 Å². The molecule has 1 aromatic rings. The molecule has 1 saturated carbocycles. The quantitative estimate of drug-likeness (QED) is 0.787. The fraction of sp³-hybridized carbons (Fsp3) is 0.562. The number of rotatable bonds is 3. The average molecular weight is 321 g/mol. The summed E-state index contributed by atoms with van der Waals surface area (Å²) in [5, 5.41) is 12.5. The summed E-state index contributed by atoms with van der Waals surface area (Å²) in [7, 11) is 0. The number of anilines is 1. The van der Waals surface area contributed by atoms with E-state index < -0.39 is 0 Å².